The Bertz CT molecular complexity index is 302. The molecule has 1 aliphatic carbocycles. The van der Waals surface area contributed by atoms with E-state index >= 15 is 0 Å². The molecule has 1 aliphatic rings. The molecule has 18 heavy (non-hydrogen) atoms. The Morgan fingerprint density at radius 2 is 1.78 bits per heavy atom. The molecule has 0 heterocycles. The van der Waals surface area contributed by atoms with Crippen LogP contribution < -0.4 is 0 Å². The molecular weight excluding hydrogens is 251 g/mol. The van der Waals surface area contributed by atoms with Gasteiger partial charge in [-0.25, -0.2) is 0 Å². The van der Waals surface area contributed by atoms with Crippen LogP contribution in [0.2, 0.25) is 0 Å². The fourth-order valence-electron chi connectivity index (χ4n) is 2.30. The van der Waals surface area contributed by atoms with E-state index in [0.717, 1.165) is 12.8 Å². The second-order valence-corrected chi connectivity index (χ2v) is 7.90. The third-order valence-electron chi connectivity index (χ3n) is 3.25. The van der Waals surface area contributed by atoms with E-state index in [1.807, 2.05) is 27.7 Å². The lowest BCUT2D eigenvalue weighted by atomic mass is 10.2. The highest BCUT2D eigenvalue weighted by Gasteiger charge is 2.52. The average Bonchev–Trinajstić information content (AvgIpc) is 2.85. The van der Waals surface area contributed by atoms with Crippen LogP contribution >= 0.6 is 7.60 Å². The van der Waals surface area contributed by atoms with Gasteiger partial charge in [-0.15, -0.1) is 0 Å². The van der Waals surface area contributed by atoms with Crippen LogP contribution in [0.1, 0.15) is 53.9 Å². The first kappa shape index (κ1) is 16.2. The number of hydrogen-bond donors (Lipinski definition) is 1. The van der Waals surface area contributed by atoms with Gasteiger partial charge in [-0.1, -0.05) is 13.3 Å². The summed E-state index contributed by atoms with van der Waals surface area (Å²) in [5.74, 6) is 0.351. The molecule has 0 aromatic heterocycles. The fraction of sp³-hybridized carbons (Fsp3) is 1.00. The summed E-state index contributed by atoms with van der Waals surface area (Å²) in [4.78, 5) is 0. The van der Waals surface area contributed by atoms with E-state index in [9.17, 15) is 9.67 Å². The maximum Gasteiger partial charge on any atom is 0.331 e. The average molecular weight is 278 g/mol. The maximum atomic E-state index is 12.5. The summed E-state index contributed by atoms with van der Waals surface area (Å²) in [7, 11) is -3.09. The van der Waals surface area contributed by atoms with Crippen LogP contribution in [0, 0.1) is 5.92 Å². The van der Waals surface area contributed by atoms with Gasteiger partial charge in [-0.05, 0) is 46.5 Å². The van der Waals surface area contributed by atoms with E-state index in [2.05, 4.69) is 6.92 Å². The van der Waals surface area contributed by atoms with E-state index in [1.54, 1.807) is 0 Å². The third-order valence-corrected chi connectivity index (χ3v) is 5.51. The van der Waals surface area contributed by atoms with Crippen molar-refractivity contribution in [2.75, 3.05) is 6.16 Å². The van der Waals surface area contributed by atoms with Crippen molar-refractivity contribution in [3.05, 3.63) is 0 Å². The second kappa shape index (κ2) is 6.04. The fourth-order valence-corrected chi connectivity index (χ4v) is 4.51. The summed E-state index contributed by atoms with van der Waals surface area (Å²) in [6.07, 6.45) is 2.32. The van der Waals surface area contributed by atoms with Gasteiger partial charge in [-0.2, -0.15) is 0 Å². The Balaban J connectivity index is 2.54. The number of hydrogen-bond acceptors (Lipinski definition) is 4. The van der Waals surface area contributed by atoms with Crippen LogP contribution in [0.5, 0.6) is 0 Å². The lowest BCUT2D eigenvalue weighted by Gasteiger charge is -2.24. The molecule has 4 nitrogen and oxygen atoms in total. The SMILES string of the molecule is CC[C@H]1C[C@@]1(O)CCP(=O)(OC(C)C)OC(C)C. The van der Waals surface area contributed by atoms with Gasteiger partial charge in [0.2, 0.25) is 0 Å². The van der Waals surface area contributed by atoms with Gasteiger partial charge in [0.25, 0.3) is 0 Å². The van der Waals surface area contributed by atoms with Crippen LogP contribution in [0.4, 0.5) is 0 Å². The van der Waals surface area contributed by atoms with Gasteiger partial charge in [0, 0.05) is 0 Å². The van der Waals surface area contributed by atoms with Crippen LogP contribution in [-0.2, 0) is 13.6 Å². The molecule has 0 aromatic rings. The van der Waals surface area contributed by atoms with Gasteiger partial charge >= 0.3 is 7.60 Å². The molecule has 0 amide bonds. The first-order valence-electron chi connectivity index (χ1n) is 6.89. The van der Waals surface area contributed by atoms with Gasteiger partial charge in [0.05, 0.1) is 24.0 Å². The Morgan fingerprint density at radius 1 is 1.28 bits per heavy atom. The van der Waals surface area contributed by atoms with Crippen molar-refractivity contribution in [2.45, 2.75) is 71.7 Å². The van der Waals surface area contributed by atoms with Gasteiger partial charge < -0.3 is 14.2 Å². The van der Waals surface area contributed by atoms with Crippen LogP contribution in [0.3, 0.4) is 0 Å². The molecule has 1 saturated carbocycles. The predicted octanol–water partition coefficient (Wildman–Crippen LogP) is 3.58. The predicted molar refractivity (Wildman–Crippen MR) is 72.9 cm³/mol. The molecule has 0 unspecified atom stereocenters. The van der Waals surface area contributed by atoms with E-state index in [4.69, 9.17) is 9.05 Å². The van der Waals surface area contributed by atoms with Crippen molar-refractivity contribution in [1.29, 1.82) is 0 Å². The molecule has 0 saturated heterocycles. The van der Waals surface area contributed by atoms with Crippen molar-refractivity contribution in [2.24, 2.45) is 5.92 Å². The Morgan fingerprint density at radius 3 is 2.11 bits per heavy atom. The zero-order chi connectivity index (χ0) is 14.0. The summed E-state index contributed by atoms with van der Waals surface area (Å²) in [5, 5.41) is 10.2. The minimum absolute atomic E-state index is 0.134. The summed E-state index contributed by atoms with van der Waals surface area (Å²) in [6, 6.07) is 0. The summed E-state index contributed by atoms with van der Waals surface area (Å²) >= 11 is 0. The summed E-state index contributed by atoms with van der Waals surface area (Å²) in [5.41, 5.74) is -0.634. The first-order chi connectivity index (χ1) is 8.21. The van der Waals surface area contributed by atoms with Crippen molar-refractivity contribution < 1.29 is 18.7 Å². The zero-order valence-electron chi connectivity index (χ0n) is 12.2. The molecule has 0 bridgehead atoms. The molecule has 1 N–H and O–H groups in total. The van der Waals surface area contributed by atoms with Crippen LogP contribution in [-0.4, -0.2) is 29.1 Å². The largest absolute Gasteiger partial charge is 0.390 e. The van der Waals surface area contributed by atoms with Gasteiger partial charge in [0.1, 0.15) is 0 Å². The highest BCUT2D eigenvalue weighted by Crippen LogP contribution is 2.56. The standard InChI is InChI=1S/C13H27O4P/c1-6-12-9-13(12,14)7-8-18(15,16-10(2)3)17-11(4)5/h10-12,14H,6-9H2,1-5H3/t12-,13-/m0/s1. The lowest BCUT2D eigenvalue weighted by molar-refractivity contribution is 0.113. The molecule has 0 aromatic carbocycles. The molecule has 0 spiro atoms. The first-order valence-corrected chi connectivity index (χ1v) is 8.62. The number of rotatable bonds is 8. The highest BCUT2D eigenvalue weighted by atomic mass is 31.2. The van der Waals surface area contributed by atoms with Crippen molar-refractivity contribution in [3.63, 3.8) is 0 Å². The normalized spacial score (nSPS) is 28.1. The van der Waals surface area contributed by atoms with E-state index < -0.39 is 13.2 Å². The second-order valence-electron chi connectivity index (χ2n) is 5.81. The minimum atomic E-state index is -3.09. The van der Waals surface area contributed by atoms with E-state index in [-0.39, 0.29) is 12.2 Å². The highest BCUT2D eigenvalue weighted by molar-refractivity contribution is 7.53. The summed E-state index contributed by atoms with van der Waals surface area (Å²) < 4.78 is 23.5. The molecule has 5 heteroatoms. The van der Waals surface area contributed by atoms with Crippen LogP contribution in [0.25, 0.3) is 0 Å². The van der Waals surface area contributed by atoms with E-state index in [1.165, 1.54) is 0 Å². The molecule has 1 rings (SSSR count). The Labute approximate surface area is 111 Å². The molecule has 0 aliphatic heterocycles. The molecule has 2 atom stereocenters. The lowest BCUT2D eigenvalue weighted by Crippen LogP contribution is -2.17. The topological polar surface area (TPSA) is 55.8 Å². The minimum Gasteiger partial charge on any atom is -0.390 e. The molecule has 0 radical (unpaired) electrons. The third kappa shape index (κ3) is 4.65. The van der Waals surface area contributed by atoms with Crippen LogP contribution in [0.15, 0.2) is 0 Å². The Kier molecular flexibility index (Phi) is 5.43. The van der Waals surface area contributed by atoms with Gasteiger partial charge in [-0.3, -0.25) is 4.57 Å². The van der Waals surface area contributed by atoms with Gasteiger partial charge in [0.15, 0.2) is 0 Å². The van der Waals surface area contributed by atoms with Crippen molar-refractivity contribution in [1.82, 2.24) is 0 Å². The zero-order valence-corrected chi connectivity index (χ0v) is 13.1. The van der Waals surface area contributed by atoms with Crippen molar-refractivity contribution >= 4 is 7.60 Å². The summed E-state index contributed by atoms with van der Waals surface area (Å²) in [6.45, 7) is 9.44. The number of aliphatic hydroxyl groups is 1. The van der Waals surface area contributed by atoms with Crippen molar-refractivity contribution in [3.8, 4) is 0 Å². The molecule has 1 fully saturated rings. The maximum absolute atomic E-state index is 12.5. The smallest absolute Gasteiger partial charge is 0.331 e. The van der Waals surface area contributed by atoms with E-state index in [0.29, 0.717) is 18.5 Å². The monoisotopic (exact) mass is 278 g/mol. The quantitative estimate of drug-likeness (QED) is 0.689. The molecule has 108 valence electrons. The molecular formula is C13H27O4P. The Hall–Kier alpha value is 0.110.